The van der Waals surface area contributed by atoms with Crippen molar-refractivity contribution < 1.29 is 10.0 Å². The van der Waals surface area contributed by atoms with Gasteiger partial charge in [-0.15, -0.1) is 11.3 Å². The van der Waals surface area contributed by atoms with Crippen LogP contribution in [0.4, 0.5) is 5.69 Å². The van der Waals surface area contributed by atoms with Gasteiger partial charge in [-0.05, 0) is 32.4 Å². The third-order valence-electron chi connectivity index (χ3n) is 2.84. The number of benzene rings is 1. The van der Waals surface area contributed by atoms with E-state index in [1.165, 1.54) is 29.2 Å². The van der Waals surface area contributed by atoms with Crippen LogP contribution in [0.1, 0.15) is 29.0 Å². The standard InChI is InChI=1S/C14H15NO3S2/c1-8-4-5-12(9(2)6-8)19-14-11(15(17)18)7-13(20-14)10(3)16/h4-7,10,16H,1-3H3/t10-/m1/s1. The Balaban J connectivity index is 2.39. The molecule has 1 aromatic heterocycles. The molecule has 0 aliphatic heterocycles. The van der Waals surface area contributed by atoms with E-state index in [1.54, 1.807) is 6.92 Å². The average Bonchev–Trinajstić information content (AvgIpc) is 2.77. The molecule has 4 nitrogen and oxygen atoms in total. The minimum Gasteiger partial charge on any atom is -0.388 e. The van der Waals surface area contributed by atoms with Crippen LogP contribution in [0.15, 0.2) is 33.4 Å². The number of aryl methyl sites for hydroxylation is 2. The fourth-order valence-corrected chi connectivity index (χ4v) is 4.11. The van der Waals surface area contributed by atoms with Crippen molar-refractivity contribution in [3.8, 4) is 0 Å². The molecule has 0 spiro atoms. The van der Waals surface area contributed by atoms with Gasteiger partial charge in [0, 0.05) is 15.8 Å². The summed E-state index contributed by atoms with van der Waals surface area (Å²) in [5.74, 6) is 0. The number of hydrogen-bond donors (Lipinski definition) is 1. The molecule has 1 heterocycles. The Labute approximate surface area is 125 Å². The fourth-order valence-electron chi connectivity index (χ4n) is 1.80. The molecule has 0 saturated heterocycles. The van der Waals surface area contributed by atoms with Crippen LogP contribution in [0.3, 0.4) is 0 Å². The highest BCUT2D eigenvalue weighted by atomic mass is 32.2. The third-order valence-corrected chi connectivity index (χ3v) is 5.50. The maximum Gasteiger partial charge on any atom is 0.294 e. The van der Waals surface area contributed by atoms with Crippen molar-refractivity contribution in [2.75, 3.05) is 0 Å². The number of nitro groups is 1. The van der Waals surface area contributed by atoms with Crippen molar-refractivity contribution in [2.45, 2.75) is 36.0 Å². The second-order valence-electron chi connectivity index (χ2n) is 4.63. The predicted octanol–water partition coefficient (Wildman–Crippen LogP) is 4.48. The minimum atomic E-state index is -0.688. The van der Waals surface area contributed by atoms with E-state index in [0.717, 1.165) is 16.0 Å². The number of rotatable bonds is 4. The number of hydrogen-bond acceptors (Lipinski definition) is 5. The van der Waals surface area contributed by atoms with Gasteiger partial charge < -0.3 is 5.11 Å². The van der Waals surface area contributed by atoms with Gasteiger partial charge in [-0.3, -0.25) is 10.1 Å². The lowest BCUT2D eigenvalue weighted by atomic mass is 10.2. The molecule has 0 amide bonds. The average molecular weight is 309 g/mol. The lowest BCUT2D eigenvalue weighted by molar-refractivity contribution is -0.387. The summed E-state index contributed by atoms with van der Waals surface area (Å²) >= 11 is 2.66. The molecule has 2 aromatic rings. The first-order valence-electron chi connectivity index (χ1n) is 6.09. The van der Waals surface area contributed by atoms with Crippen LogP contribution >= 0.6 is 23.1 Å². The van der Waals surface area contributed by atoms with E-state index in [4.69, 9.17) is 0 Å². The number of aliphatic hydroxyl groups is 1. The highest BCUT2D eigenvalue weighted by molar-refractivity contribution is 8.01. The number of aliphatic hydroxyl groups excluding tert-OH is 1. The molecular formula is C14H15NO3S2. The van der Waals surface area contributed by atoms with Crippen LogP contribution in [0.5, 0.6) is 0 Å². The summed E-state index contributed by atoms with van der Waals surface area (Å²) in [5, 5.41) is 20.7. The fraction of sp³-hybridized carbons (Fsp3) is 0.286. The largest absolute Gasteiger partial charge is 0.388 e. The molecule has 1 atom stereocenters. The summed E-state index contributed by atoms with van der Waals surface area (Å²) in [4.78, 5) is 12.3. The lowest BCUT2D eigenvalue weighted by Gasteiger charge is -2.04. The van der Waals surface area contributed by atoms with Crippen molar-refractivity contribution >= 4 is 28.8 Å². The summed E-state index contributed by atoms with van der Waals surface area (Å²) < 4.78 is 0.609. The number of thiophene rings is 1. The van der Waals surface area contributed by atoms with Crippen molar-refractivity contribution in [3.05, 3.63) is 50.4 Å². The number of nitrogens with zero attached hydrogens (tertiary/aromatic N) is 1. The molecule has 0 unspecified atom stereocenters. The summed E-state index contributed by atoms with van der Waals surface area (Å²) in [6, 6.07) is 7.48. The molecule has 1 N–H and O–H groups in total. The maximum absolute atomic E-state index is 11.1. The van der Waals surface area contributed by atoms with E-state index >= 15 is 0 Å². The first-order valence-corrected chi connectivity index (χ1v) is 7.73. The predicted molar refractivity (Wildman–Crippen MR) is 81.6 cm³/mol. The van der Waals surface area contributed by atoms with Gasteiger partial charge in [0.15, 0.2) is 0 Å². The molecule has 0 fully saturated rings. The molecule has 2 rings (SSSR count). The quantitative estimate of drug-likeness (QED) is 0.668. The van der Waals surface area contributed by atoms with Crippen LogP contribution in [-0.2, 0) is 0 Å². The van der Waals surface area contributed by atoms with Gasteiger partial charge in [-0.1, -0.05) is 29.5 Å². The zero-order valence-corrected chi connectivity index (χ0v) is 13.0. The summed E-state index contributed by atoms with van der Waals surface area (Å²) in [6.07, 6.45) is -0.688. The Bertz CT molecular complexity index is 650. The maximum atomic E-state index is 11.1. The van der Waals surface area contributed by atoms with Crippen LogP contribution in [0.25, 0.3) is 0 Å². The van der Waals surface area contributed by atoms with Gasteiger partial charge in [0.2, 0.25) is 0 Å². The van der Waals surface area contributed by atoms with Crippen LogP contribution < -0.4 is 0 Å². The van der Waals surface area contributed by atoms with Crippen LogP contribution in [0.2, 0.25) is 0 Å². The zero-order valence-electron chi connectivity index (χ0n) is 11.4. The van der Waals surface area contributed by atoms with Gasteiger partial charge >= 0.3 is 0 Å². The summed E-state index contributed by atoms with van der Waals surface area (Å²) in [6.45, 7) is 5.62. The lowest BCUT2D eigenvalue weighted by Crippen LogP contribution is -1.88. The highest BCUT2D eigenvalue weighted by Gasteiger charge is 2.22. The van der Waals surface area contributed by atoms with Gasteiger partial charge in [-0.2, -0.15) is 0 Å². The Morgan fingerprint density at radius 1 is 1.35 bits per heavy atom. The molecule has 1 aromatic carbocycles. The monoisotopic (exact) mass is 309 g/mol. The zero-order chi connectivity index (χ0) is 14.9. The molecule has 0 bridgehead atoms. The van der Waals surface area contributed by atoms with E-state index in [0.29, 0.717) is 9.09 Å². The highest BCUT2D eigenvalue weighted by Crippen LogP contribution is 2.43. The normalized spacial score (nSPS) is 12.4. The molecule has 106 valence electrons. The minimum absolute atomic E-state index is 0.0656. The molecule has 0 aliphatic carbocycles. The van der Waals surface area contributed by atoms with E-state index < -0.39 is 11.0 Å². The molecule has 0 radical (unpaired) electrons. The van der Waals surface area contributed by atoms with E-state index in [9.17, 15) is 15.2 Å². The van der Waals surface area contributed by atoms with E-state index in [2.05, 4.69) is 6.07 Å². The smallest absolute Gasteiger partial charge is 0.294 e. The molecular weight excluding hydrogens is 294 g/mol. The topological polar surface area (TPSA) is 63.4 Å². The van der Waals surface area contributed by atoms with Crippen LogP contribution in [0, 0.1) is 24.0 Å². The Hall–Kier alpha value is -1.37. The molecule has 6 heteroatoms. The summed E-state index contributed by atoms with van der Waals surface area (Å²) in [7, 11) is 0. The third kappa shape index (κ3) is 3.20. The molecule has 0 aliphatic rings. The summed E-state index contributed by atoms with van der Waals surface area (Å²) in [5.41, 5.74) is 2.32. The molecule has 0 saturated carbocycles. The first-order chi connectivity index (χ1) is 9.38. The van der Waals surface area contributed by atoms with Crippen molar-refractivity contribution in [3.63, 3.8) is 0 Å². The van der Waals surface area contributed by atoms with Crippen molar-refractivity contribution in [1.82, 2.24) is 0 Å². The van der Waals surface area contributed by atoms with Crippen molar-refractivity contribution in [1.29, 1.82) is 0 Å². The van der Waals surface area contributed by atoms with Crippen LogP contribution in [-0.4, -0.2) is 10.0 Å². The van der Waals surface area contributed by atoms with Gasteiger partial charge in [0.05, 0.1) is 11.0 Å². The SMILES string of the molecule is Cc1ccc(Sc2sc([C@@H](C)O)cc2[N+](=O)[O-])c(C)c1. The first kappa shape index (κ1) is 15.0. The van der Waals surface area contributed by atoms with Gasteiger partial charge in [0.25, 0.3) is 5.69 Å². The van der Waals surface area contributed by atoms with Crippen molar-refractivity contribution in [2.24, 2.45) is 0 Å². The van der Waals surface area contributed by atoms with Gasteiger partial charge in [-0.25, -0.2) is 0 Å². The van der Waals surface area contributed by atoms with E-state index in [1.807, 2.05) is 26.0 Å². The van der Waals surface area contributed by atoms with E-state index in [-0.39, 0.29) is 5.69 Å². The Morgan fingerprint density at radius 3 is 2.60 bits per heavy atom. The second-order valence-corrected chi connectivity index (χ2v) is 7.02. The van der Waals surface area contributed by atoms with Gasteiger partial charge in [0.1, 0.15) is 4.21 Å². The molecule has 20 heavy (non-hydrogen) atoms. The Morgan fingerprint density at radius 2 is 2.05 bits per heavy atom. The Kier molecular flexibility index (Phi) is 4.47. The second kappa shape index (κ2) is 5.95.